The summed E-state index contributed by atoms with van der Waals surface area (Å²) < 4.78 is 4.45. The van der Waals surface area contributed by atoms with E-state index in [1.807, 2.05) is 12.1 Å². The number of benzene rings is 1. The van der Waals surface area contributed by atoms with Gasteiger partial charge < -0.3 is 5.32 Å². The largest absolute Gasteiger partial charge is 0.307 e. The molecule has 0 radical (unpaired) electrons. The fraction of sp³-hybridized carbons (Fsp3) is 0.357. The highest BCUT2D eigenvalue weighted by molar-refractivity contribution is 7.06. The van der Waals surface area contributed by atoms with E-state index < -0.39 is 0 Å². The van der Waals surface area contributed by atoms with Crippen LogP contribution in [0, 0.1) is 0 Å². The Hall–Kier alpha value is -0.610. The minimum absolute atomic E-state index is 0.0993. The summed E-state index contributed by atoms with van der Waals surface area (Å²) in [5.41, 5.74) is 1.92. The highest BCUT2D eigenvalue weighted by Gasteiger charge is 2.12. The molecule has 102 valence electrons. The Balaban J connectivity index is 2.16. The Morgan fingerprint density at radius 3 is 2.58 bits per heavy atom. The van der Waals surface area contributed by atoms with Crippen molar-refractivity contribution in [3.63, 3.8) is 0 Å². The summed E-state index contributed by atoms with van der Waals surface area (Å²) in [6.07, 6.45) is 0. The number of nitrogens with one attached hydrogen (secondary N) is 1. The summed E-state index contributed by atoms with van der Waals surface area (Å²) in [7, 11) is 0. The number of aromatic nitrogens is 1. The van der Waals surface area contributed by atoms with E-state index in [-0.39, 0.29) is 5.54 Å². The zero-order chi connectivity index (χ0) is 14.0. The standard InChI is InChI=1S/C14H16Cl2N2S/c1-14(2,3)17-8-10-7-13(18-19-10)11-5-4-9(15)6-12(11)16/h4-7,17H,8H2,1-3H3. The number of nitrogens with zero attached hydrogens (tertiary/aromatic N) is 1. The molecule has 1 N–H and O–H groups in total. The highest BCUT2D eigenvalue weighted by atomic mass is 35.5. The van der Waals surface area contributed by atoms with Gasteiger partial charge in [-0.15, -0.1) is 0 Å². The van der Waals surface area contributed by atoms with E-state index in [9.17, 15) is 0 Å². The molecular weight excluding hydrogens is 299 g/mol. The monoisotopic (exact) mass is 314 g/mol. The maximum atomic E-state index is 6.19. The highest BCUT2D eigenvalue weighted by Crippen LogP contribution is 2.31. The summed E-state index contributed by atoms with van der Waals surface area (Å²) in [6, 6.07) is 7.54. The van der Waals surface area contributed by atoms with Gasteiger partial charge in [0.25, 0.3) is 0 Å². The molecule has 0 fully saturated rings. The zero-order valence-corrected chi connectivity index (χ0v) is 13.5. The fourth-order valence-electron chi connectivity index (χ4n) is 1.57. The second-order valence-corrected chi connectivity index (χ2v) is 7.14. The van der Waals surface area contributed by atoms with Crippen LogP contribution in [0.3, 0.4) is 0 Å². The third kappa shape index (κ3) is 4.18. The van der Waals surface area contributed by atoms with Crippen LogP contribution in [0.4, 0.5) is 0 Å². The molecule has 0 amide bonds. The lowest BCUT2D eigenvalue weighted by atomic mass is 10.1. The molecule has 1 aromatic carbocycles. The Morgan fingerprint density at radius 2 is 1.95 bits per heavy atom. The van der Waals surface area contributed by atoms with Crippen LogP contribution in [0.2, 0.25) is 10.0 Å². The summed E-state index contributed by atoms with van der Waals surface area (Å²) >= 11 is 13.6. The fourth-order valence-corrected chi connectivity index (χ4v) is 2.75. The third-order valence-corrected chi connectivity index (χ3v) is 3.89. The van der Waals surface area contributed by atoms with Gasteiger partial charge in [-0.05, 0) is 56.6 Å². The van der Waals surface area contributed by atoms with Gasteiger partial charge in [0.1, 0.15) is 0 Å². The number of rotatable bonds is 3. The predicted octanol–water partition coefficient (Wildman–Crippen LogP) is 5.01. The molecule has 2 rings (SSSR count). The van der Waals surface area contributed by atoms with Gasteiger partial charge in [-0.3, -0.25) is 0 Å². The quantitative estimate of drug-likeness (QED) is 0.861. The predicted molar refractivity (Wildman–Crippen MR) is 84.2 cm³/mol. The van der Waals surface area contributed by atoms with Crippen LogP contribution in [0.15, 0.2) is 24.3 Å². The number of halogens is 2. The third-order valence-electron chi connectivity index (χ3n) is 2.56. The molecule has 0 unspecified atom stereocenters. The first-order valence-electron chi connectivity index (χ1n) is 6.01. The molecule has 0 aliphatic carbocycles. The lowest BCUT2D eigenvalue weighted by Crippen LogP contribution is -2.34. The van der Waals surface area contributed by atoms with Crippen LogP contribution < -0.4 is 5.32 Å². The summed E-state index contributed by atoms with van der Waals surface area (Å²) in [6.45, 7) is 7.24. The average molecular weight is 315 g/mol. The van der Waals surface area contributed by atoms with Crippen molar-refractivity contribution in [3.8, 4) is 11.3 Å². The molecule has 0 aliphatic heterocycles. The van der Waals surface area contributed by atoms with Crippen molar-refractivity contribution in [2.75, 3.05) is 0 Å². The van der Waals surface area contributed by atoms with Gasteiger partial charge in [0.05, 0.1) is 10.7 Å². The first kappa shape index (κ1) is 14.8. The van der Waals surface area contributed by atoms with E-state index in [4.69, 9.17) is 23.2 Å². The average Bonchev–Trinajstić information content (AvgIpc) is 2.74. The van der Waals surface area contributed by atoms with Crippen molar-refractivity contribution in [1.82, 2.24) is 9.69 Å². The van der Waals surface area contributed by atoms with Crippen LogP contribution in [-0.4, -0.2) is 9.91 Å². The maximum Gasteiger partial charge on any atom is 0.0858 e. The zero-order valence-electron chi connectivity index (χ0n) is 11.1. The SMILES string of the molecule is CC(C)(C)NCc1cc(-c2ccc(Cl)cc2Cl)ns1. The van der Waals surface area contributed by atoms with Crippen LogP contribution in [-0.2, 0) is 6.54 Å². The Morgan fingerprint density at radius 1 is 1.21 bits per heavy atom. The minimum atomic E-state index is 0.0993. The second kappa shape index (κ2) is 5.80. The van der Waals surface area contributed by atoms with Crippen molar-refractivity contribution in [1.29, 1.82) is 0 Å². The van der Waals surface area contributed by atoms with E-state index in [2.05, 4.69) is 36.5 Å². The topological polar surface area (TPSA) is 24.9 Å². The Bertz CT molecular complexity index is 573. The van der Waals surface area contributed by atoms with E-state index in [1.54, 1.807) is 6.07 Å². The molecule has 19 heavy (non-hydrogen) atoms. The van der Waals surface area contributed by atoms with Crippen LogP contribution in [0.1, 0.15) is 25.6 Å². The Labute approximate surface area is 127 Å². The van der Waals surface area contributed by atoms with E-state index >= 15 is 0 Å². The first-order valence-corrected chi connectivity index (χ1v) is 7.54. The minimum Gasteiger partial charge on any atom is -0.307 e. The van der Waals surface area contributed by atoms with Gasteiger partial charge in [-0.25, -0.2) is 0 Å². The van der Waals surface area contributed by atoms with E-state index in [0.29, 0.717) is 10.0 Å². The van der Waals surface area contributed by atoms with E-state index in [0.717, 1.165) is 17.8 Å². The van der Waals surface area contributed by atoms with Crippen molar-refractivity contribution in [2.24, 2.45) is 0 Å². The normalized spacial score (nSPS) is 11.8. The van der Waals surface area contributed by atoms with Gasteiger partial charge in [-0.1, -0.05) is 23.2 Å². The van der Waals surface area contributed by atoms with Crippen LogP contribution in [0.25, 0.3) is 11.3 Å². The van der Waals surface area contributed by atoms with Crippen molar-refractivity contribution < 1.29 is 0 Å². The smallest absolute Gasteiger partial charge is 0.0858 e. The molecule has 5 heteroatoms. The van der Waals surface area contributed by atoms with Gasteiger partial charge in [0, 0.05) is 27.5 Å². The van der Waals surface area contributed by atoms with Crippen molar-refractivity contribution in [3.05, 3.63) is 39.2 Å². The van der Waals surface area contributed by atoms with E-state index in [1.165, 1.54) is 16.4 Å². The maximum absolute atomic E-state index is 6.19. The molecule has 0 saturated heterocycles. The molecule has 1 aromatic heterocycles. The van der Waals surface area contributed by atoms with Gasteiger partial charge >= 0.3 is 0 Å². The molecule has 0 bridgehead atoms. The van der Waals surface area contributed by atoms with Gasteiger partial charge in [-0.2, -0.15) is 4.37 Å². The Kier molecular flexibility index (Phi) is 4.51. The lowest BCUT2D eigenvalue weighted by Gasteiger charge is -2.19. The van der Waals surface area contributed by atoms with Crippen LogP contribution >= 0.6 is 34.7 Å². The molecular formula is C14H16Cl2N2S. The summed E-state index contributed by atoms with van der Waals surface area (Å²) in [5.74, 6) is 0. The molecule has 2 aromatic rings. The van der Waals surface area contributed by atoms with Crippen molar-refractivity contribution in [2.45, 2.75) is 32.9 Å². The molecule has 0 aliphatic rings. The number of hydrogen-bond acceptors (Lipinski definition) is 3. The van der Waals surface area contributed by atoms with Crippen molar-refractivity contribution >= 4 is 34.7 Å². The molecule has 0 saturated carbocycles. The van der Waals surface area contributed by atoms with Gasteiger partial charge in [0.2, 0.25) is 0 Å². The molecule has 2 nitrogen and oxygen atoms in total. The lowest BCUT2D eigenvalue weighted by molar-refractivity contribution is 0.426. The molecule has 1 heterocycles. The summed E-state index contributed by atoms with van der Waals surface area (Å²) in [5, 5.41) is 4.71. The van der Waals surface area contributed by atoms with Gasteiger partial charge in [0.15, 0.2) is 0 Å². The molecule has 0 spiro atoms. The molecule has 0 atom stereocenters. The first-order chi connectivity index (χ1) is 8.85. The van der Waals surface area contributed by atoms with Crippen LogP contribution in [0.5, 0.6) is 0 Å². The summed E-state index contributed by atoms with van der Waals surface area (Å²) in [4.78, 5) is 1.19. The second-order valence-electron chi connectivity index (χ2n) is 5.41. The number of hydrogen-bond donors (Lipinski definition) is 1.